The van der Waals surface area contributed by atoms with E-state index in [0.29, 0.717) is 34.6 Å². The lowest BCUT2D eigenvalue weighted by Crippen LogP contribution is -2.25. The van der Waals surface area contributed by atoms with Crippen LogP contribution in [0, 0.1) is 42.2 Å². The summed E-state index contributed by atoms with van der Waals surface area (Å²) in [6.45, 7) is 3.88. The molecule has 0 saturated heterocycles. The summed E-state index contributed by atoms with van der Waals surface area (Å²) in [4.78, 5) is 16.9. The summed E-state index contributed by atoms with van der Waals surface area (Å²) >= 11 is 0. The van der Waals surface area contributed by atoms with E-state index in [4.69, 9.17) is 0 Å². The van der Waals surface area contributed by atoms with Crippen LogP contribution in [0.25, 0.3) is 11.0 Å². The molecule has 6 nitrogen and oxygen atoms in total. The highest BCUT2D eigenvalue weighted by Gasteiger charge is 2.59. The van der Waals surface area contributed by atoms with Gasteiger partial charge in [0, 0.05) is 37.2 Å². The molecule has 3 unspecified atom stereocenters. The number of hydrogen-bond acceptors (Lipinski definition) is 3. The van der Waals surface area contributed by atoms with Crippen molar-refractivity contribution in [2.45, 2.75) is 32.7 Å². The second-order valence-corrected chi connectivity index (χ2v) is 8.51. The number of amides is 1. The number of anilines is 1. The first kappa shape index (κ1) is 18.3. The Bertz CT molecular complexity index is 1110. The minimum absolute atomic E-state index is 0.0228. The van der Waals surface area contributed by atoms with Gasteiger partial charge in [-0.25, -0.2) is 13.8 Å². The van der Waals surface area contributed by atoms with Crippen LogP contribution in [0.1, 0.15) is 31.5 Å². The zero-order chi connectivity index (χ0) is 20.4. The molecule has 0 radical (unpaired) electrons. The molecule has 2 aliphatic carbocycles. The number of nitrogens with one attached hydrogen (secondary N) is 1. The first-order valence-corrected chi connectivity index (χ1v) is 9.96. The van der Waals surface area contributed by atoms with Gasteiger partial charge in [0.1, 0.15) is 5.82 Å². The van der Waals surface area contributed by atoms with E-state index in [9.17, 15) is 13.6 Å². The van der Waals surface area contributed by atoms with Gasteiger partial charge in [-0.1, -0.05) is 6.92 Å². The third-order valence-electron chi connectivity index (χ3n) is 6.74. The van der Waals surface area contributed by atoms with Gasteiger partial charge >= 0.3 is 0 Å². The molecule has 1 aromatic carbocycles. The Kier molecular flexibility index (Phi) is 4.01. The predicted molar refractivity (Wildman–Crippen MR) is 104 cm³/mol. The standard InChI is InChI=1S/C21H23F2N5O/c1-10-4-19(27(3)26-10)25-21(29)11(2)20-13-5-12(6-14(13)20)28-9-24-17-7-15(22)16(23)8-18(17)28/h4,7-9,11-14,20H,5-6H2,1-3H3,(H,25,29)/t11?,12?,13-,14+,20?. The van der Waals surface area contributed by atoms with Gasteiger partial charge in [0.25, 0.3) is 0 Å². The van der Waals surface area contributed by atoms with Crippen LogP contribution < -0.4 is 5.32 Å². The Labute approximate surface area is 166 Å². The molecule has 0 aliphatic heterocycles. The Morgan fingerprint density at radius 1 is 1.21 bits per heavy atom. The first-order chi connectivity index (χ1) is 13.8. The highest BCUT2D eigenvalue weighted by atomic mass is 19.2. The summed E-state index contributed by atoms with van der Waals surface area (Å²) in [7, 11) is 1.81. The maximum Gasteiger partial charge on any atom is 0.228 e. The third-order valence-corrected chi connectivity index (χ3v) is 6.74. The van der Waals surface area contributed by atoms with Gasteiger partial charge in [-0.15, -0.1) is 0 Å². The van der Waals surface area contributed by atoms with Crippen molar-refractivity contribution in [1.29, 1.82) is 0 Å². The molecule has 2 fully saturated rings. The number of aryl methyl sites for hydroxylation is 2. The lowest BCUT2D eigenvalue weighted by molar-refractivity contribution is -0.120. The highest BCUT2D eigenvalue weighted by molar-refractivity contribution is 5.92. The number of imidazole rings is 1. The van der Waals surface area contributed by atoms with Crippen molar-refractivity contribution in [3.8, 4) is 0 Å². The lowest BCUT2D eigenvalue weighted by Gasteiger charge is -2.19. The van der Waals surface area contributed by atoms with E-state index >= 15 is 0 Å². The monoisotopic (exact) mass is 399 g/mol. The van der Waals surface area contributed by atoms with Gasteiger partial charge in [0.2, 0.25) is 5.91 Å². The molecule has 2 aliphatic rings. The number of aromatic nitrogens is 4. The van der Waals surface area contributed by atoms with E-state index in [1.807, 2.05) is 31.5 Å². The molecule has 1 amide bonds. The van der Waals surface area contributed by atoms with Crippen molar-refractivity contribution in [2.24, 2.45) is 30.7 Å². The molecule has 2 heterocycles. The number of fused-ring (bicyclic) bond motifs is 2. The number of hydrogen-bond donors (Lipinski definition) is 1. The van der Waals surface area contributed by atoms with Crippen LogP contribution in [0.4, 0.5) is 14.6 Å². The predicted octanol–water partition coefficient (Wildman–Crippen LogP) is 3.83. The second-order valence-electron chi connectivity index (χ2n) is 8.51. The van der Waals surface area contributed by atoms with Crippen molar-refractivity contribution < 1.29 is 13.6 Å². The van der Waals surface area contributed by atoms with Crippen LogP contribution >= 0.6 is 0 Å². The molecule has 5 atom stereocenters. The number of carbonyl (C=O) groups excluding carboxylic acids is 1. The van der Waals surface area contributed by atoms with Gasteiger partial charge in [-0.2, -0.15) is 5.10 Å². The molecular weight excluding hydrogens is 376 g/mol. The molecule has 2 saturated carbocycles. The van der Waals surface area contributed by atoms with E-state index in [2.05, 4.69) is 15.4 Å². The van der Waals surface area contributed by atoms with Crippen molar-refractivity contribution in [2.75, 3.05) is 5.32 Å². The smallest absolute Gasteiger partial charge is 0.228 e. The average Bonchev–Trinajstić information content (AvgIpc) is 3.00. The fourth-order valence-electron chi connectivity index (χ4n) is 5.29. The number of rotatable bonds is 4. The van der Waals surface area contributed by atoms with Crippen molar-refractivity contribution in [3.63, 3.8) is 0 Å². The topological polar surface area (TPSA) is 64.7 Å². The molecule has 3 aromatic rings. The normalized spacial score (nSPS) is 26.5. The van der Waals surface area contributed by atoms with Crippen molar-refractivity contribution >= 4 is 22.8 Å². The average molecular weight is 399 g/mol. The SMILES string of the molecule is Cc1cc(NC(=O)C(C)C2[C@H]3CC(n4cnc5cc(F)c(F)cc54)C[C@@H]23)n(C)n1. The number of benzene rings is 1. The first-order valence-electron chi connectivity index (χ1n) is 9.96. The Morgan fingerprint density at radius 2 is 1.90 bits per heavy atom. The molecule has 152 valence electrons. The largest absolute Gasteiger partial charge is 0.327 e. The Hall–Kier alpha value is -2.77. The summed E-state index contributed by atoms with van der Waals surface area (Å²) < 4.78 is 30.8. The number of nitrogens with zero attached hydrogens (tertiary/aromatic N) is 4. The lowest BCUT2D eigenvalue weighted by atomic mass is 9.96. The number of halogens is 2. The molecule has 8 heteroatoms. The van der Waals surface area contributed by atoms with E-state index in [-0.39, 0.29) is 17.9 Å². The molecular formula is C21H23F2N5O. The van der Waals surface area contributed by atoms with E-state index < -0.39 is 11.6 Å². The summed E-state index contributed by atoms with van der Waals surface area (Å²) in [5.41, 5.74) is 1.97. The van der Waals surface area contributed by atoms with Crippen molar-refractivity contribution in [3.05, 3.63) is 41.9 Å². The van der Waals surface area contributed by atoms with Crippen LogP contribution in [0.3, 0.4) is 0 Å². The maximum atomic E-state index is 13.7. The summed E-state index contributed by atoms with van der Waals surface area (Å²) in [6, 6.07) is 4.45. The Morgan fingerprint density at radius 3 is 2.55 bits per heavy atom. The summed E-state index contributed by atoms with van der Waals surface area (Å²) in [5.74, 6) is 0.263. The minimum Gasteiger partial charge on any atom is -0.327 e. The summed E-state index contributed by atoms with van der Waals surface area (Å²) in [5, 5.41) is 7.24. The minimum atomic E-state index is -0.875. The molecule has 5 rings (SSSR count). The van der Waals surface area contributed by atoms with E-state index in [0.717, 1.165) is 24.6 Å². The van der Waals surface area contributed by atoms with Crippen LogP contribution in [-0.4, -0.2) is 25.2 Å². The fraction of sp³-hybridized carbons (Fsp3) is 0.476. The molecule has 1 N–H and O–H groups in total. The van der Waals surface area contributed by atoms with Gasteiger partial charge in [0.05, 0.1) is 23.1 Å². The van der Waals surface area contributed by atoms with Crippen LogP contribution in [0.5, 0.6) is 0 Å². The molecule has 0 bridgehead atoms. The quantitative estimate of drug-likeness (QED) is 0.725. The highest BCUT2D eigenvalue weighted by Crippen LogP contribution is 2.64. The van der Waals surface area contributed by atoms with Gasteiger partial charge in [0.15, 0.2) is 11.6 Å². The zero-order valence-electron chi connectivity index (χ0n) is 16.6. The molecule has 0 spiro atoms. The fourth-order valence-corrected chi connectivity index (χ4v) is 5.29. The van der Waals surface area contributed by atoms with Gasteiger partial charge < -0.3 is 9.88 Å². The van der Waals surface area contributed by atoms with Crippen LogP contribution in [-0.2, 0) is 11.8 Å². The maximum absolute atomic E-state index is 13.7. The molecule has 2 aromatic heterocycles. The Balaban J connectivity index is 1.26. The van der Waals surface area contributed by atoms with E-state index in [1.165, 1.54) is 6.07 Å². The molecule has 29 heavy (non-hydrogen) atoms. The van der Waals surface area contributed by atoms with Crippen molar-refractivity contribution in [1.82, 2.24) is 19.3 Å². The van der Waals surface area contributed by atoms with E-state index in [1.54, 1.807) is 11.0 Å². The van der Waals surface area contributed by atoms with Gasteiger partial charge in [-0.3, -0.25) is 9.48 Å². The summed E-state index contributed by atoms with van der Waals surface area (Å²) in [6.07, 6.45) is 3.54. The number of carbonyl (C=O) groups is 1. The third kappa shape index (κ3) is 2.92. The van der Waals surface area contributed by atoms with Crippen LogP contribution in [0.15, 0.2) is 24.5 Å². The van der Waals surface area contributed by atoms with Gasteiger partial charge in [-0.05, 0) is 37.5 Å². The second kappa shape index (κ2) is 6.37. The van der Waals surface area contributed by atoms with Crippen LogP contribution in [0.2, 0.25) is 0 Å². The zero-order valence-corrected chi connectivity index (χ0v) is 16.6.